The number of alkyl halides is 1. The molecule has 7 heteroatoms. The van der Waals surface area contributed by atoms with Gasteiger partial charge in [0, 0.05) is 28.5 Å². The Morgan fingerprint density at radius 3 is 2.65 bits per heavy atom. The fourth-order valence-corrected chi connectivity index (χ4v) is 8.50. The summed E-state index contributed by atoms with van der Waals surface area (Å²) in [5.74, 6) is -1.53. The second-order valence-electron chi connectivity index (χ2n) is 10.4. The summed E-state index contributed by atoms with van der Waals surface area (Å²) in [5, 5.41) is 23.2. The van der Waals surface area contributed by atoms with Crippen molar-refractivity contribution in [2.75, 3.05) is 6.61 Å². The molecule has 0 aromatic heterocycles. The van der Waals surface area contributed by atoms with Crippen molar-refractivity contribution in [1.29, 1.82) is 0 Å². The number of allylic oxidation sites excluding steroid dienone is 4. The molecule has 0 radical (unpaired) electrons. The summed E-state index contributed by atoms with van der Waals surface area (Å²) in [4.78, 5) is 36.4. The van der Waals surface area contributed by atoms with Crippen molar-refractivity contribution in [3.05, 3.63) is 23.8 Å². The first-order valence-corrected chi connectivity index (χ1v) is 11.9. The molecule has 0 amide bonds. The third-order valence-electron chi connectivity index (χ3n) is 8.90. The Balaban J connectivity index is 1.75. The van der Waals surface area contributed by atoms with E-state index in [-0.39, 0.29) is 40.7 Å². The van der Waals surface area contributed by atoms with Crippen LogP contribution in [-0.2, 0) is 19.1 Å². The maximum Gasteiger partial charge on any atom is 0.303 e. The number of Topliss-reactive ketones (excluding diaryl/α,β-unsaturated/α-hetero) is 1. The number of hydrogen-bond acceptors (Lipinski definition) is 6. The van der Waals surface area contributed by atoms with Crippen molar-refractivity contribution in [3.63, 3.8) is 0 Å². The highest BCUT2D eigenvalue weighted by Crippen LogP contribution is 2.69. The maximum absolute atomic E-state index is 13.1. The van der Waals surface area contributed by atoms with E-state index in [0.29, 0.717) is 12.8 Å². The van der Waals surface area contributed by atoms with E-state index in [1.165, 1.54) is 6.92 Å². The molecular weight excluding hydrogens is 464 g/mol. The molecule has 0 bridgehead atoms. The molecule has 4 aliphatic carbocycles. The standard InChI is InChI=1S/C24H31BrO6/c1-12-7-16-20-17(25)9-14-8-15(27)5-6-22(14,3)21(20)18(28)10-23(16,4)24(12,30)19(29)11-31-13(2)26/h5-6,8,12,16-18,20-21,28,30H,7,9-11H2,1-4H3/t12-,16?,17-,18?,20?,21?,22+,23+,24+/m1/s1. The zero-order valence-corrected chi connectivity index (χ0v) is 20.0. The van der Waals surface area contributed by atoms with Gasteiger partial charge < -0.3 is 14.9 Å². The number of halogens is 1. The molecule has 0 aromatic carbocycles. The molecule has 0 spiro atoms. The minimum atomic E-state index is -1.68. The Morgan fingerprint density at radius 2 is 2.00 bits per heavy atom. The topological polar surface area (TPSA) is 101 Å². The number of ether oxygens (including phenoxy) is 1. The second kappa shape index (κ2) is 7.35. The van der Waals surface area contributed by atoms with Crippen molar-refractivity contribution in [3.8, 4) is 0 Å². The van der Waals surface area contributed by atoms with E-state index in [9.17, 15) is 24.6 Å². The van der Waals surface area contributed by atoms with Crippen molar-refractivity contribution in [2.45, 2.75) is 63.5 Å². The van der Waals surface area contributed by atoms with E-state index in [1.807, 2.05) is 19.9 Å². The lowest BCUT2D eigenvalue weighted by molar-refractivity contribution is -0.185. The second-order valence-corrected chi connectivity index (χ2v) is 11.6. The molecule has 0 aliphatic heterocycles. The van der Waals surface area contributed by atoms with Gasteiger partial charge in [-0.05, 0) is 49.2 Å². The van der Waals surface area contributed by atoms with E-state index in [2.05, 4.69) is 22.9 Å². The molecule has 2 N–H and O–H groups in total. The van der Waals surface area contributed by atoms with Crippen LogP contribution in [0.2, 0.25) is 0 Å². The Kier molecular flexibility index (Phi) is 5.43. The number of ketones is 2. The van der Waals surface area contributed by atoms with Crippen LogP contribution >= 0.6 is 15.9 Å². The van der Waals surface area contributed by atoms with Gasteiger partial charge in [-0.15, -0.1) is 0 Å². The SMILES string of the molecule is CC(=O)OCC(=O)[C@@]1(O)[C@H](C)CC2C3C(C(O)C[C@@]21C)[C@@]1(C)C=CC(=O)C=C1C[C@H]3Br. The van der Waals surface area contributed by atoms with Gasteiger partial charge in [-0.25, -0.2) is 0 Å². The lowest BCUT2D eigenvalue weighted by Crippen LogP contribution is -2.64. The summed E-state index contributed by atoms with van der Waals surface area (Å²) in [6.07, 6.45) is 6.07. The minimum absolute atomic E-state index is 0.00374. The molecule has 6 nitrogen and oxygen atoms in total. The summed E-state index contributed by atoms with van der Waals surface area (Å²) in [7, 11) is 0. The fourth-order valence-electron chi connectivity index (χ4n) is 7.45. The summed E-state index contributed by atoms with van der Waals surface area (Å²) >= 11 is 3.85. The van der Waals surface area contributed by atoms with E-state index in [1.54, 1.807) is 12.2 Å². The van der Waals surface area contributed by atoms with Gasteiger partial charge in [0.15, 0.2) is 12.4 Å². The van der Waals surface area contributed by atoms with E-state index in [4.69, 9.17) is 4.74 Å². The van der Waals surface area contributed by atoms with Crippen molar-refractivity contribution in [2.24, 2.45) is 34.5 Å². The summed E-state index contributed by atoms with van der Waals surface area (Å²) in [6.45, 7) is 6.63. The van der Waals surface area contributed by atoms with E-state index >= 15 is 0 Å². The van der Waals surface area contributed by atoms with Crippen LogP contribution in [-0.4, -0.2) is 50.9 Å². The first kappa shape index (κ1) is 22.9. The van der Waals surface area contributed by atoms with Crippen molar-refractivity contribution < 1.29 is 29.3 Å². The summed E-state index contributed by atoms with van der Waals surface area (Å²) in [6, 6.07) is 0. The average molecular weight is 495 g/mol. The predicted molar refractivity (Wildman–Crippen MR) is 117 cm³/mol. The Morgan fingerprint density at radius 1 is 1.32 bits per heavy atom. The number of carbonyl (C=O) groups excluding carboxylic acids is 3. The fraction of sp³-hybridized carbons (Fsp3) is 0.708. The number of carbonyl (C=O) groups is 3. The highest BCUT2D eigenvalue weighted by molar-refractivity contribution is 9.09. The van der Waals surface area contributed by atoms with Crippen molar-refractivity contribution >= 4 is 33.5 Å². The molecule has 3 fully saturated rings. The molecule has 0 saturated heterocycles. The largest absolute Gasteiger partial charge is 0.458 e. The quantitative estimate of drug-likeness (QED) is 0.462. The van der Waals surface area contributed by atoms with Gasteiger partial charge in [-0.1, -0.05) is 48.4 Å². The van der Waals surface area contributed by atoms with Crippen LogP contribution < -0.4 is 0 Å². The molecule has 0 heterocycles. The zero-order valence-electron chi connectivity index (χ0n) is 18.4. The number of rotatable bonds is 3. The molecule has 170 valence electrons. The molecule has 3 saturated carbocycles. The molecular formula is C24H31BrO6. The Bertz CT molecular complexity index is 895. The highest BCUT2D eigenvalue weighted by Gasteiger charge is 2.71. The van der Waals surface area contributed by atoms with E-state index in [0.717, 1.165) is 5.57 Å². The normalized spacial score (nSPS) is 48.4. The number of aliphatic hydroxyl groups excluding tert-OH is 1. The van der Waals surface area contributed by atoms with Crippen LogP contribution in [0.15, 0.2) is 23.8 Å². The van der Waals surface area contributed by atoms with E-state index < -0.39 is 40.9 Å². The number of fused-ring (bicyclic) bond motifs is 5. The molecule has 4 rings (SSSR count). The third-order valence-corrected chi connectivity index (χ3v) is 9.83. The van der Waals surface area contributed by atoms with Gasteiger partial charge in [0.25, 0.3) is 0 Å². The predicted octanol–water partition coefficient (Wildman–Crippen LogP) is 2.75. The summed E-state index contributed by atoms with van der Waals surface area (Å²) in [5.41, 5.74) is -1.93. The molecule has 31 heavy (non-hydrogen) atoms. The number of hydrogen-bond donors (Lipinski definition) is 2. The highest BCUT2D eigenvalue weighted by atomic mass is 79.9. The lowest BCUT2D eigenvalue weighted by Gasteiger charge is -2.61. The third kappa shape index (κ3) is 3.06. The Hall–Kier alpha value is -1.31. The smallest absolute Gasteiger partial charge is 0.303 e. The van der Waals surface area contributed by atoms with Crippen LogP contribution in [0, 0.1) is 34.5 Å². The van der Waals surface area contributed by atoms with Gasteiger partial charge in [0.2, 0.25) is 5.78 Å². The lowest BCUT2D eigenvalue weighted by atomic mass is 9.46. The first-order valence-electron chi connectivity index (χ1n) is 11.0. The van der Waals surface area contributed by atoms with Gasteiger partial charge in [-0.3, -0.25) is 14.4 Å². The van der Waals surface area contributed by atoms with Crippen LogP contribution in [0.5, 0.6) is 0 Å². The van der Waals surface area contributed by atoms with Gasteiger partial charge in [-0.2, -0.15) is 0 Å². The van der Waals surface area contributed by atoms with Gasteiger partial charge in [0.05, 0.1) is 6.10 Å². The van der Waals surface area contributed by atoms with Crippen molar-refractivity contribution in [1.82, 2.24) is 0 Å². The molecule has 4 aliphatic rings. The monoisotopic (exact) mass is 494 g/mol. The summed E-state index contributed by atoms with van der Waals surface area (Å²) < 4.78 is 4.94. The molecule has 9 atom stereocenters. The number of aliphatic hydroxyl groups is 2. The van der Waals surface area contributed by atoms with Crippen LogP contribution in [0.1, 0.15) is 47.0 Å². The van der Waals surface area contributed by atoms with Crippen LogP contribution in [0.25, 0.3) is 0 Å². The first-order chi connectivity index (χ1) is 14.4. The van der Waals surface area contributed by atoms with Crippen LogP contribution in [0.3, 0.4) is 0 Å². The number of esters is 1. The molecule has 4 unspecified atom stereocenters. The van der Waals surface area contributed by atoms with Crippen LogP contribution in [0.4, 0.5) is 0 Å². The van der Waals surface area contributed by atoms with Gasteiger partial charge in [0.1, 0.15) is 5.60 Å². The molecule has 0 aromatic rings. The average Bonchev–Trinajstić information content (AvgIpc) is 2.88. The van der Waals surface area contributed by atoms with Gasteiger partial charge >= 0.3 is 5.97 Å². The minimum Gasteiger partial charge on any atom is -0.458 e. The zero-order chi connectivity index (χ0) is 22.9. The Labute approximate surface area is 191 Å². The maximum atomic E-state index is 13.1.